The highest BCUT2D eigenvalue weighted by Gasteiger charge is 2.14. The molecule has 0 aliphatic rings. The van der Waals surface area contributed by atoms with Crippen LogP contribution >= 0.6 is 0 Å². The Hall–Kier alpha value is -4.84. The minimum absolute atomic E-state index is 0.144. The normalized spacial score (nSPS) is 11.2. The van der Waals surface area contributed by atoms with Gasteiger partial charge in [-0.3, -0.25) is 21.6 Å². The Labute approximate surface area is 203 Å². The second-order valence-electron chi connectivity index (χ2n) is 7.93. The van der Waals surface area contributed by atoms with Crippen molar-refractivity contribution in [3.63, 3.8) is 0 Å². The van der Waals surface area contributed by atoms with Crippen LogP contribution in [0.5, 0.6) is 0 Å². The van der Waals surface area contributed by atoms with Gasteiger partial charge in [-0.05, 0) is 46.7 Å². The van der Waals surface area contributed by atoms with Crippen molar-refractivity contribution in [3.8, 4) is 0 Å². The van der Waals surface area contributed by atoms with Crippen molar-refractivity contribution in [1.29, 1.82) is 21.6 Å². The molecule has 0 saturated heterocycles. The Morgan fingerprint density at radius 3 is 1.57 bits per heavy atom. The summed E-state index contributed by atoms with van der Waals surface area (Å²) in [4.78, 5) is 0. The number of ether oxygens (including phenoxy) is 2. The van der Waals surface area contributed by atoms with E-state index in [0.717, 1.165) is 21.5 Å². The number of benzene rings is 4. The molecule has 0 amide bonds. The topological polar surface area (TPSA) is 114 Å². The fourth-order valence-electron chi connectivity index (χ4n) is 3.70. The Kier molecular flexibility index (Phi) is 6.64. The molecule has 4 rings (SSSR count). The maximum absolute atomic E-state index is 8.35. The minimum atomic E-state index is -0.306. The zero-order valence-electron chi connectivity index (χ0n) is 19.2. The van der Waals surface area contributed by atoms with Gasteiger partial charge in [-0.15, -0.1) is 0 Å². The van der Waals surface area contributed by atoms with Crippen LogP contribution in [0.4, 0.5) is 0 Å². The van der Waals surface area contributed by atoms with Crippen molar-refractivity contribution in [3.05, 3.63) is 120 Å². The minimum Gasteiger partial charge on any atom is -0.421 e. The smallest absolute Gasteiger partial charge is 0.221 e. The van der Waals surface area contributed by atoms with E-state index in [1.165, 1.54) is 6.08 Å². The third kappa shape index (κ3) is 5.07. The highest BCUT2D eigenvalue weighted by atomic mass is 16.5. The average molecular weight is 461 g/mol. The molecule has 0 aliphatic carbocycles. The Morgan fingerprint density at radius 1 is 0.629 bits per heavy atom. The second-order valence-corrected chi connectivity index (χ2v) is 7.93. The van der Waals surface area contributed by atoms with Crippen LogP contribution in [0.3, 0.4) is 0 Å². The lowest BCUT2D eigenvalue weighted by atomic mass is 10.0. The van der Waals surface area contributed by atoms with E-state index in [1.54, 1.807) is 19.1 Å². The predicted molar refractivity (Wildman–Crippen MR) is 142 cm³/mol. The van der Waals surface area contributed by atoms with Gasteiger partial charge in [0.1, 0.15) is 0 Å². The molecule has 0 atom stereocenters. The predicted octanol–water partition coefficient (Wildman–Crippen LogP) is 6.83. The first-order valence-electron chi connectivity index (χ1n) is 10.9. The van der Waals surface area contributed by atoms with Crippen molar-refractivity contribution < 1.29 is 9.47 Å². The molecule has 0 spiro atoms. The van der Waals surface area contributed by atoms with E-state index in [-0.39, 0.29) is 29.2 Å². The van der Waals surface area contributed by atoms with Crippen LogP contribution < -0.4 is 0 Å². The monoisotopic (exact) mass is 460 g/mol. The maximum Gasteiger partial charge on any atom is 0.221 e. The van der Waals surface area contributed by atoms with Gasteiger partial charge in [0.2, 0.25) is 23.6 Å². The maximum atomic E-state index is 8.35. The first-order valence-corrected chi connectivity index (χ1v) is 10.9. The molecule has 6 nitrogen and oxygen atoms in total. The molecule has 35 heavy (non-hydrogen) atoms. The molecule has 172 valence electrons. The summed E-state index contributed by atoms with van der Waals surface area (Å²) >= 11 is 0. The van der Waals surface area contributed by atoms with Gasteiger partial charge < -0.3 is 9.47 Å². The number of hydrogen-bond donors (Lipinski definition) is 4. The van der Waals surface area contributed by atoms with Crippen molar-refractivity contribution in [1.82, 2.24) is 0 Å². The molecule has 4 N–H and O–H groups in total. The van der Waals surface area contributed by atoms with E-state index in [4.69, 9.17) is 31.1 Å². The van der Waals surface area contributed by atoms with E-state index < -0.39 is 0 Å². The summed E-state index contributed by atoms with van der Waals surface area (Å²) in [6.07, 6.45) is 1.47. The lowest BCUT2D eigenvalue weighted by Gasteiger charge is -2.12. The van der Waals surface area contributed by atoms with Gasteiger partial charge in [-0.1, -0.05) is 79.4 Å². The van der Waals surface area contributed by atoms with Crippen LogP contribution in [0.15, 0.2) is 109 Å². The number of fused-ring (bicyclic) bond motifs is 2. The fraction of sp³-hybridized carbons (Fsp3) is 0.0345. The molecule has 0 unspecified atom stereocenters. The molecule has 0 radical (unpaired) electrons. The Bertz CT molecular complexity index is 1540. The Balaban J connectivity index is 1.43. The molecule has 0 saturated carbocycles. The van der Waals surface area contributed by atoms with Crippen LogP contribution in [0, 0.1) is 21.6 Å². The second kappa shape index (κ2) is 9.97. The van der Waals surface area contributed by atoms with Crippen LogP contribution in [0.1, 0.15) is 18.1 Å². The number of hydrogen-bond acceptors (Lipinski definition) is 6. The lowest BCUT2D eigenvalue weighted by molar-refractivity contribution is 0.535. The summed E-state index contributed by atoms with van der Waals surface area (Å²) in [5.41, 5.74) is 1.70. The Morgan fingerprint density at radius 2 is 1.06 bits per heavy atom. The SMILES string of the molecule is C=C(/C=C(\C)C(=N)OC(=N)c1cccc2ccccc12)C(=N)OC(=N)c1cccc2ccccc12. The molecule has 4 aromatic carbocycles. The lowest BCUT2D eigenvalue weighted by Crippen LogP contribution is -2.15. The summed E-state index contributed by atoms with van der Waals surface area (Å²) in [5, 5.41) is 36.8. The molecule has 6 heteroatoms. The molecule has 0 aromatic heterocycles. The van der Waals surface area contributed by atoms with E-state index in [2.05, 4.69) is 6.58 Å². The van der Waals surface area contributed by atoms with Gasteiger partial charge >= 0.3 is 0 Å². The van der Waals surface area contributed by atoms with Crippen molar-refractivity contribution >= 4 is 45.1 Å². The van der Waals surface area contributed by atoms with E-state index in [1.807, 2.05) is 72.8 Å². The quantitative estimate of drug-likeness (QED) is 0.148. The van der Waals surface area contributed by atoms with Crippen molar-refractivity contribution in [2.24, 2.45) is 0 Å². The van der Waals surface area contributed by atoms with Gasteiger partial charge in [0.25, 0.3) is 0 Å². The highest BCUT2D eigenvalue weighted by Crippen LogP contribution is 2.21. The molecular formula is C29H24N4O2. The summed E-state index contributed by atoms with van der Waals surface area (Å²) in [6.45, 7) is 5.47. The van der Waals surface area contributed by atoms with Crippen molar-refractivity contribution in [2.75, 3.05) is 0 Å². The number of rotatable bonds is 5. The van der Waals surface area contributed by atoms with Gasteiger partial charge in [-0.25, -0.2) is 0 Å². The third-order valence-corrected chi connectivity index (χ3v) is 5.52. The summed E-state index contributed by atoms with van der Waals surface area (Å²) in [5.74, 6) is -0.850. The summed E-state index contributed by atoms with van der Waals surface area (Å²) in [7, 11) is 0. The fourth-order valence-corrected chi connectivity index (χ4v) is 3.70. The molecular weight excluding hydrogens is 436 g/mol. The standard InChI is InChI=1S/C29H24N4O2/c1-18(26(30)34-28(32)24-15-7-11-20-9-3-5-13-22(20)24)17-19(2)27(31)35-29(33)25-16-8-12-21-10-4-6-14-23(21)25/h3-17,30-33H,1H2,2H3/b19-17+,30-26?,31-27?,32-28?,33-29?. The van der Waals surface area contributed by atoms with Gasteiger partial charge in [-0.2, -0.15) is 0 Å². The third-order valence-electron chi connectivity index (χ3n) is 5.52. The summed E-state index contributed by atoms with van der Waals surface area (Å²) in [6, 6.07) is 26.4. The van der Waals surface area contributed by atoms with Crippen molar-refractivity contribution in [2.45, 2.75) is 6.92 Å². The van der Waals surface area contributed by atoms with Crippen LogP contribution in [-0.2, 0) is 9.47 Å². The van der Waals surface area contributed by atoms with Gasteiger partial charge in [0.15, 0.2) is 0 Å². The highest BCUT2D eigenvalue weighted by molar-refractivity contribution is 6.13. The average Bonchev–Trinajstić information content (AvgIpc) is 2.87. The van der Waals surface area contributed by atoms with E-state index in [0.29, 0.717) is 16.7 Å². The van der Waals surface area contributed by atoms with Gasteiger partial charge in [0, 0.05) is 22.3 Å². The number of nitrogens with one attached hydrogen (secondary N) is 4. The zero-order valence-corrected chi connectivity index (χ0v) is 19.2. The molecule has 0 heterocycles. The molecule has 0 bridgehead atoms. The van der Waals surface area contributed by atoms with Crippen LogP contribution in [-0.4, -0.2) is 23.6 Å². The van der Waals surface area contributed by atoms with Crippen LogP contribution in [0.2, 0.25) is 0 Å². The first-order chi connectivity index (χ1) is 16.8. The van der Waals surface area contributed by atoms with Crippen LogP contribution in [0.25, 0.3) is 21.5 Å². The van der Waals surface area contributed by atoms with E-state index in [9.17, 15) is 0 Å². The molecule has 0 aliphatic heterocycles. The van der Waals surface area contributed by atoms with E-state index >= 15 is 0 Å². The zero-order chi connectivity index (χ0) is 24.9. The summed E-state index contributed by atoms with van der Waals surface area (Å²) < 4.78 is 10.9. The molecule has 0 fully saturated rings. The molecule has 4 aromatic rings. The first kappa shape index (κ1) is 23.3. The largest absolute Gasteiger partial charge is 0.421 e. The van der Waals surface area contributed by atoms with Gasteiger partial charge in [0.05, 0.1) is 0 Å².